The smallest absolute Gasteiger partial charge is 0.0668 e. The van der Waals surface area contributed by atoms with Gasteiger partial charge in [-0.2, -0.15) is 0 Å². The normalized spacial score (nSPS) is 13.4. The molecule has 0 aliphatic rings. The van der Waals surface area contributed by atoms with Crippen molar-refractivity contribution < 1.29 is 0 Å². The van der Waals surface area contributed by atoms with Crippen LogP contribution in [0.2, 0.25) is 0 Å². The zero-order valence-corrected chi connectivity index (χ0v) is 14.5. The minimum atomic E-state index is 0.226. The molecule has 1 atom stereocenters. The van der Waals surface area contributed by atoms with E-state index < -0.39 is 0 Å². The Morgan fingerprint density at radius 1 is 1.05 bits per heavy atom. The molecule has 0 fully saturated rings. The fraction of sp³-hybridized carbons (Fsp3) is 0.412. The monoisotopic (exact) mass is 305 g/mol. The van der Waals surface area contributed by atoms with Gasteiger partial charge in [-0.05, 0) is 48.5 Å². The lowest BCUT2D eigenvalue weighted by Crippen LogP contribution is -2.16. The largest absolute Gasteiger partial charge is 0.309 e. The first-order valence-electron chi connectivity index (χ1n) is 6.87. The molecular formula is C17H23NS2. The van der Waals surface area contributed by atoms with E-state index in [1.165, 1.54) is 20.2 Å². The van der Waals surface area contributed by atoms with E-state index in [1.807, 2.05) is 18.4 Å². The molecule has 3 heteroatoms. The highest BCUT2D eigenvalue weighted by molar-refractivity contribution is 7.98. The Morgan fingerprint density at radius 3 is 2.15 bits per heavy atom. The minimum Gasteiger partial charge on any atom is -0.309 e. The van der Waals surface area contributed by atoms with Gasteiger partial charge in [0.2, 0.25) is 0 Å². The van der Waals surface area contributed by atoms with Crippen molar-refractivity contribution in [2.45, 2.75) is 37.1 Å². The second-order valence-corrected chi connectivity index (χ2v) is 7.94. The molecule has 20 heavy (non-hydrogen) atoms. The van der Waals surface area contributed by atoms with Crippen molar-refractivity contribution >= 4 is 23.1 Å². The number of benzene rings is 1. The van der Waals surface area contributed by atoms with E-state index in [0.717, 1.165) is 0 Å². The van der Waals surface area contributed by atoms with Gasteiger partial charge in [-0.25, -0.2) is 0 Å². The van der Waals surface area contributed by atoms with Gasteiger partial charge < -0.3 is 5.32 Å². The molecule has 1 unspecified atom stereocenters. The van der Waals surface area contributed by atoms with Crippen LogP contribution in [0.25, 0.3) is 0 Å². The third-order valence-corrected chi connectivity index (χ3v) is 5.71. The van der Waals surface area contributed by atoms with E-state index in [9.17, 15) is 0 Å². The van der Waals surface area contributed by atoms with Crippen LogP contribution in [0.3, 0.4) is 0 Å². The Kier molecular flexibility index (Phi) is 4.95. The molecule has 1 heterocycles. The maximum Gasteiger partial charge on any atom is 0.0668 e. The molecule has 0 aliphatic heterocycles. The minimum absolute atomic E-state index is 0.226. The highest BCUT2D eigenvalue weighted by Gasteiger charge is 2.20. The van der Waals surface area contributed by atoms with E-state index in [2.05, 4.69) is 68.7 Å². The van der Waals surface area contributed by atoms with E-state index >= 15 is 0 Å². The fourth-order valence-corrected chi connectivity index (χ4v) is 3.79. The molecule has 0 aliphatic carbocycles. The molecule has 0 spiro atoms. The Hall–Kier alpha value is -0.770. The number of thiophene rings is 1. The topological polar surface area (TPSA) is 12.0 Å². The fourth-order valence-electron chi connectivity index (χ4n) is 2.18. The molecule has 0 saturated carbocycles. The number of rotatable bonds is 4. The summed E-state index contributed by atoms with van der Waals surface area (Å²) in [5, 5.41) is 3.44. The van der Waals surface area contributed by atoms with E-state index in [-0.39, 0.29) is 11.5 Å². The summed E-state index contributed by atoms with van der Waals surface area (Å²) in [7, 11) is 2.03. The van der Waals surface area contributed by atoms with Crippen LogP contribution in [-0.2, 0) is 5.41 Å². The zero-order chi connectivity index (χ0) is 14.8. The van der Waals surface area contributed by atoms with Crippen LogP contribution >= 0.6 is 23.1 Å². The molecule has 2 aromatic rings. The molecule has 1 N–H and O–H groups in total. The van der Waals surface area contributed by atoms with Gasteiger partial charge in [-0.15, -0.1) is 23.1 Å². The van der Waals surface area contributed by atoms with Gasteiger partial charge in [0, 0.05) is 14.6 Å². The maximum atomic E-state index is 3.44. The third-order valence-electron chi connectivity index (χ3n) is 3.39. The van der Waals surface area contributed by atoms with Gasteiger partial charge in [0.25, 0.3) is 0 Å². The van der Waals surface area contributed by atoms with Crippen LogP contribution in [0.4, 0.5) is 0 Å². The van der Waals surface area contributed by atoms with Gasteiger partial charge in [-0.1, -0.05) is 32.9 Å². The van der Waals surface area contributed by atoms with Gasteiger partial charge in [0.1, 0.15) is 0 Å². The van der Waals surface area contributed by atoms with Crippen molar-refractivity contribution in [3.63, 3.8) is 0 Å². The second-order valence-electron chi connectivity index (χ2n) is 5.95. The van der Waals surface area contributed by atoms with Crippen molar-refractivity contribution in [3.8, 4) is 0 Å². The van der Waals surface area contributed by atoms with Gasteiger partial charge in [0.05, 0.1) is 6.04 Å². The maximum absolute atomic E-state index is 3.44. The van der Waals surface area contributed by atoms with Crippen LogP contribution in [-0.4, -0.2) is 13.3 Å². The lowest BCUT2D eigenvalue weighted by atomic mass is 9.95. The molecular weight excluding hydrogens is 282 g/mol. The molecule has 2 rings (SSSR count). The highest BCUT2D eigenvalue weighted by atomic mass is 32.2. The summed E-state index contributed by atoms with van der Waals surface area (Å²) in [5.41, 5.74) is 1.55. The van der Waals surface area contributed by atoms with Crippen molar-refractivity contribution in [2.75, 3.05) is 13.3 Å². The highest BCUT2D eigenvalue weighted by Crippen LogP contribution is 2.34. The van der Waals surface area contributed by atoms with Crippen LogP contribution in [0.15, 0.2) is 41.3 Å². The summed E-state index contributed by atoms with van der Waals surface area (Å²) in [5.74, 6) is 0. The Balaban J connectivity index is 2.29. The Bertz CT molecular complexity index is 549. The summed E-state index contributed by atoms with van der Waals surface area (Å²) in [6, 6.07) is 13.7. The molecule has 1 nitrogen and oxygen atoms in total. The van der Waals surface area contributed by atoms with Crippen molar-refractivity contribution in [1.82, 2.24) is 5.32 Å². The van der Waals surface area contributed by atoms with E-state index in [4.69, 9.17) is 0 Å². The SMILES string of the molecule is CNC(c1ccc(SC)cc1)c1ccc(C(C)(C)C)s1. The first-order chi connectivity index (χ1) is 9.45. The average molecular weight is 306 g/mol. The summed E-state index contributed by atoms with van der Waals surface area (Å²) < 4.78 is 0. The number of thioether (sulfide) groups is 1. The molecule has 1 aromatic heterocycles. The predicted octanol–water partition coefficient (Wildman–Crippen LogP) is 5.08. The number of hydrogen-bond acceptors (Lipinski definition) is 3. The van der Waals surface area contributed by atoms with E-state index in [0.29, 0.717) is 0 Å². The summed E-state index contributed by atoms with van der Waals surface area (Å²) in [4.78, 5) is 4.13. The van der Waals surface area contributed by atoms with Crippen LogP contribution < -0.4 is 5.32 Å². The first kappa shape index (κ1) is 15.6. The summed E-state index contributed by atoms with van der Waals surface area (Å²) >= 11 is 3.69. The second kappa shape index (κ2) is 6.33. The van der Waals surface area contributed by atoms with Crippen LogP contribution in [0.5, 0.6) is 0 Å². The zero-order valence-electron chi connectivity index (χ0n) is 12.9. The molecule has 0 radical (unpaired) electrons. The average Bonchev–Trinajstić information content (AvgIpc) is 2.90. The predicted molar refractivity (Wildman–Crippen MR) is 92.1 cm³/mol. The molecule has 0 saturated heterocycles. The molecule has 1 aromatic carbocycles. The number of hydrogen-bond donors (Lipinski definition) is 1. The molecule has 108 valence electrons. The van der Waals surface area contributed by atoms with Gasteiger partial charge in [-0.3, -0.25) is 0 Å². The number of nitrogens with one attached hydrogen (secondary N) is 1. The van der Waals surface area contributed by atoms with Gasteiger partial charge >= 0.3 is 0 Å². The molecule has 0 amide bonds. The van der Waals surface area contributed by atoms with E-state index in [1.54, 1.807) is 11.8 Å². The third kappa shape index (κ3) is 3.46. The Labute approximate surface area is 130 Å². The van der Waals surface area contributed by atoms with Crippen LogP contribution in [0, 0.1) is 0 Å². The molecule has 0 bridgehead atoms. The lowest BCUT2D eigenvalue weighted by Gasteiger charge is -2.17. The van der Waals surface area contributed by atoms with Crippen LogP contribution in [0.1, 0.15) is 42.1 Å². The quantitative estimate of drug-likeness (QED) is 0.791. The standard InChI is InChI=1S/C17H23NS2/c1-17(2,3)15-11-10-14(20-15)16(18-4)12-6-8-13(19-5)9-7-12/h6-11,16,18H,1-5H3. The van der Waals surface area contributed by atoms with Crippen molar-refractivity contribution in [3.05, 3.63) is 51.7 Å². The van der Waals surface area contributed by atoms with Crippen molar-refractivity contribution in [1.29, 1.82) is 0 Å². The summed E-state index contributed by atoms with van der Waals surface area (Å²) in [6.45, 7) is 6.80. The van der Waals surface area contributed by atoms with Gasteiger partial charge in [0.15, 0.2) is 0 Å². The Morgan fingerprint density at radius 2 is 1.70 bits per heavy atom. The lowest BCUT2D eigenvalue weighted by molar-refractivity contribution is 0.604. The van der Waals surface area contributed by atoms with Crippen molar-refractivity contribution in [2.24, 2.45) is 0 Å². The first-order valence-corrected chi connectivity index (χ1v) is 8.91. The summed E-state index contributed by atoms with van der Waals surface area (Å²) in [6.07, 6.45) is 2.11.